The molecular weight excluding hydrogens is 325 g/mol. The minimum absolute atomic E-state index is 0.0526. The molecule has 130 valence electrons. The summed E-state index contributed by atoms with van der Waals surface area (Å²) < 4.78 is 24.5. The maximum Gasteiger partial charge on any atom is 0.410 e. The number of phenols is 1. The zero-order chi connectivity index (χ0) is 17.7. The van der Waals surface area contributed by atoms with Gasteiger partial charge in [0.05, 0.1) is 19.8 Å². The van der Waals surface area contributed by atoms with E-state index in [1.54, 1.807) is 24.0 Å². The number of hydrogen-bond donors (Lipinski definition) is 1. The van der Waals surface area contributed by atoms with Crippen LogP contribution in [0.25, 0.3) is 11.1 Å². The summed E-state index contributed by atoms with van der Waals surface area (Å²) in [6, 6.07) is 5.73. The first kappa shape index (κ1) is 15.7. The number of rotatable bonds is 2. The largest absolute Gasteiger partial charge is 0.504 e. The molecule has 0 fully saturated rings. The minimum Gasteiger partial charge on any atom is -0.504 e. The van der Waals surface area contributed by atoms with Crippen molar-refractivity contribution < 1.29 is 23.8 Å². The smallest absolute Gasteiger partial charge is 0.410 e. The number of halogens is 1. The number of hydrogen-bond acceptors (Lipinski definition) is 4. The fourth-order valence-electron chi connectivity index (χ4n) is 3.95. The molecular formula is C19H18FNO4. The van der Waals surface area contributed by atoms with Gasteiger partial charge in [-0.1, -0.05) is 6.07 Å². The Labute approximate surface area is 144 Å². The summed E-state index contributed by atoms with van der Waals surface area (Å²) in [5.41, 5.74) is 4.01. The van der Waals surface area contributed by atoms with Gasteiger partial charge < -0.3 is 14.6 Å². The van der Waals surface area contributed by atoms with Crippen LogP contribution in [0.1, 0.15) is 29.7 Å². The molecule has 0 saturated heterocycles. The molecule has 1 aliphatic heterocycles. The van der Waals surface area contributed by atoms with Gasteiger partial charge in [0.1, 0.15) is 5.82 Å². The van der Waals surface area contributed by atoms with Crippen molar-refractivity contribution in [3.05, 3.63) is 46.8 Å². The van der Waals surface area contributed by atoms with Crippen molar-refractivity contribution in [3.63, 3.8) is 0 Å². The van der Waals surface area contributed by atoms with Crippen molar-refractivity contribution in [2.24, 2.45) is 0 Å². The maximum atomic E-state index is 13.9. The van der Waals surface area contributed by atoms with Crippen LogP contribution in [0.4, 0.5) is 9.18 Å². The lowest BCUT2D eigenvalue weighted by Gasteiger charge is -2.35. The van der Waals surface area contributed by atoms with E-state index in [1.807, 2.05) is 0 Å². The number of nitrogens with zero attached hydrogens (tertiary/aromatic N) is 1. The molecule has 25 heavy (non-hydrogen) atoms. The second kappa shape index (κ2) is 5.65. The summed E-state index contributed by atoms with van der Waals surface area (Å²) in [7, 11) is 1.49. The van der Waals surface area contributed by atoms with Crippen LogP contribution in [0.15, 0.2) is 24.3 Å². The van der Waals surface area contributed by atoms with Crippen LogP contribution in [0, 0.1) is 5.82 Å². The molecule has 1 unspecified atom stereocenters. The van der Waals surface area contributed by atoms with E-state index in [0.29, 0.717) is 24.3 Å². The lowest BCUT2D eigenvalue weighted by atomic mass is 9.91. The summed E-state index contributed by atoms with van der Waals surface area (Å²) in [5, 5.41) is 10.3. The van der Waals surface area contributed by atoms with Crippen molar-refractivity contribution in [3.8, 4) is 22.6 Å². The van der Waals surface area contributed by atoms with Crippen LogP contribution >= 0.6 is 0 Å². The van der Waals surface area contributed by atoms with E-state index >= 15 is 0 Å². The molecule has 0 saturated carbocycles. The van der Waals surface area contributed by atoms with Crippen LogP contribution in [-0.4, -0.2) is 36.4 Å². The summed E-state index contributed by atoms with van der Waals surface area (Å²) in [5.74, 6) is 0.0299. The SMILES string of the molecule is CCOC(=O)N1CCc2cc(O)c(OC)c3c2C1c1cc(F)ccc1-3. The Bertz CT molecular complexity index is 880. The molecule has 0 spiro atoms. The van der Waals surface area contributed by atoms with Crippen molar-refractivity contribution in [2.75, 3.05) is 20.3 Å². The summed E-state index contributed by atoms with van der Waals surface area (Å²) in [4.78, 5) is 14.1. The quantitative estimate of drug-likeness (QED) is 0.905. The van der Waals surface area contributed by atoms with E-state index in [2.05, 4.69) is 0 Å². The van der Waals surface area contributed by atoms with Crippen molar-refractivity contribution in [2.45, 2.75) is 19.4 Å². The predicted octanol–water partition coefficient (Wildman–Crippen LogP) is 3.62. The zero-order valence-corrected chi connectivity index (χ0v) is 14.0. The Kier molecular flexibility index (Phi) is 3.56. The van der Waals surface area contributed by atoms with Gasteiger partial charge in [-0.3, -0.25) is 4.90 Å². The first-order chi connectivity index (χ1) is 12.1. The van der Waals surface area contributed by atoms with E-state index in [1.165, 1.54) is 19.2 Å². The number of phenolic OH excluding ortho intramolecular Hbond substituents is 1. The van der Waals surface area contributed by atoms with Gasteiger partial charge >= 0.3 is 6.09 Å². The Morgan fingerprint density at radius 2 is 2.20 bits per heavy atom. The third-order valence-corrected chi connectivity index (χ3v) is 4.88. The second-order valence-corrected chi connectivity index (χ2v) is 6.15. The van der Waals surface area contributed by atoms with Crippen molar-refractivity contribution in [1.29, 1.82) is 0 Å². The number of ether oxygens (including phenoxy) is 2. The number of fused-ring (bicyclic) bond motifs is 3. The van der Waals surface area contributed by atoms with Gasteiger partial charge in [-0.05, 0) is 53.8 Å². The molecule has 1 amide bonds. The monoisotopic (exact) mass is 343 g/mol. The Hall–Kier alpha value is -2.76. The van der Waals surface area contributed by atoms with Gasteiger partial charge in [-0.25, -0.2) is 9.18 Å². The molecule has 6 heteroatoms. The van der Waals surface area contributed by atoms with Crippen molar-refractivity contribution in [1.82, 2.24) is 4.90 Å². The van der Waals surface area contributed by atoms with Gasteiger partial charge in [0.25, 0.3) is 0 Å². The topological polar surface area (TPSA) is 59.0 Å². The first-order valence-corrected chi connectivity index (χ1v) is 8.22. The summed E-state index contributed by atoms with van der Waals surface area (Å²) in [6.07, 6.45) is 0.166. The number of benzene rings is 2. The molecule has 0 aromatic heterocycles. The van der Waals surface area contributed by atoms with Crippen molar-refractivity contribution >= 4 is 6.09 Å². The van der Waals surface area contributed by atoms with Crippen LogP contribution in [0.2, 0.25) is 0 Å². The van der Waals surface area contributed by atoms with E-state index in [9.17, 15) is 14.3 Å². The highest BCUT2D eigenvalue weighted by Crippen LogP contribution is 2.56. The van der Waals surface area contributed by atoms with Crippen LogP contribution in [0.5, 0.6) is 11.5 Å². The normalized spacial score (nSPS) is 17.1. The molecule has 1 aliphatic carbocycles. The van der Waals surface area contributed by atoms with E-state index in [4.69, 9.17) is 9.47 Å². The molecule has 2 aliphatic rings. The molecule has 1 atom stereocenters. The third-order valence-electron chi connectivity index (χ3n) is 4.88. The van der Waals surface area contributed by atoms with E-state index < -0.39 is 12.1 Å². The average Bonchev–Trinajstić information content (AvgIpc) is 2.91. The molecule has 1 heterocycles. The van der Waals surface area contributed by atoms with Gasteiger partial charge in [0.2, 0.25) is 0 Å². The van der Waals surface area contributed by atoms with Gasteiger partial charge in [0, 0.05) is 12.1 Å². The van der Waals surface area contributed by atoms with Crippen LogP contribution in [-0.2, 0) is 11.2 Å². The Morgan fingerprint density at radius 1 is 1.40 bits per heavy atom. The molecule has 5 nitrogen and oxygen atoms in total. The maximum absolute atomic E-state index is 13.9. The number of methoxy groups -OCH3 is 1. The zero-order valence-electron chi connectivity index (χ0n) is 14.0. The molecule has 2 aromatic carbocycles. The highest BCUT2D eigenvalue weighted by Gasteiger charge is 2.43. The lowest BCUT2D eigenvalue weighted by Crippen LogP contribution is -2.40. The fourth-order valence-corrected chi connectivity index (χ4v) is 3.95. The van der Waals surface area contributed by atoms with E-state index in [-0.39, 0.29) is 18.2 Å². The number of aromatic hydroxyl groups is 1. The second-order valence-electron chi connectivity index (χ2n) is 6.15. The summed E-state index contributed by atoms with van der Waals surface area (Å²) in [6.45, 7) is 2.47. The van der Waals surface area contributed by atoms with Gasteiger partial charge in [-0.15, -0.1) is 0 Å². The Morgan fingerprint density at radius 3 is 2.92 bits per heavy atom. The third kappa shape index (κ3) is 2.17. The number of carbonyl (C=O) groups is 1. The van der Waals surface area contributed by atoms with Gasteiger partial charge in [0.15, 0.2) is 11.5 Å². The standard InChI is InChI=1S/C19H18FNO4/c1-3-25-19(23)21-7-6-10-8-14(22)18(24-2)16-12-5-4-11(20)9-13(12)17(21)15(10)16/h4-5,8-9,17,22H,3,6-7H2,1-2H3. The highest BCUT2D eigenvalue weighted by atomic mass is 19.1. The van der Waals surface area contributed by atoms with Gasteiger partial charge in [-0.2, -0.15) is 0 Å². The number of amides is 1. The Balaban J connectivity index is 1.99. The first-order valence-electron chi connectivity index (χ1n) is 8.22. The molecule has 1 N–H and O–H groups in total. The average molecular weight is 343 g/mol. The molecule has 0 radical (unpaired) electrons. The fraction of sp³-hybridized carbons (Fsp3) is 0.316. The molecule has 0 bridgehead atoms. The minimum atomic E-state index is -0.432. The molecule has 4 rings (SSSR count). The van der Waals surface area contributed by atoms with Crippen LogP contribution in [0.3, 0.4) is 0 Å². The lowest BCUT2D eigenvalue weighted by molar-refractivity contribution is 0.0944. The highest BCUT2D eigenvalue weighted by molar-refractivity contribution is 5.88. The molecule has 2 aromatic rings. The predicted molar refractivity (Wildman–Crippen MR) is 89.3 cm³/mol. The summed E-state index contributed by atoms with van der Waals surface area (Å²) >= 11 is 0. The van der Waals surface area contributed by atoms with E-state index in [0.717, 1.165) is 22.3 Å². The number of carbonyl (C=O) groups excluding carboxylic acids is 1. The van der Waals surface area contributed by atoms with Crippen LogP contribution < -0.4 is 4.74 Å².